The van der Waals surface area contributed by atoms with E-state index in [4.69, 9.17) is 0 Å². The number of carbonyl (C=O) groups is 2. The third kappa shape index (κ3) is 6.77. The molecule has 5 nitrogen and oxygen atoms in total. The number of anilines is 1. The van der Waals surface area contributed by atoms with E-state index in [0.29, 0.717) is 25.9 Å². The summed E-state index contributed by atoms with van der Waals surface area (Å²) in [5.74, 6) is -0.621. The molecule has 1 fully saturated rings. The van der Waals surface area contributed by atoms with Crippen molar-refractivity contribution >= 4 is 29.3 Å². The van der Waals surface area contributed by atoms with Gasteiger partial charge in [0.1, 0.15) is 0 Å². The summed E-state index contributed by atoms with van der Waals surface area (Å²) in [6.45, 7) is 1.48. The normalized spacial score (nSPS) is 15.6. The SMILES string of the molecule is O=C(CN1CCC(NC(=O)c2ccccc2SC(F)(F)F)CC1)Nc1ccccc1. The Kier molecular flexibility index (Phi) is 7.38. The zero-order chi connectivity index (χ0) is 21.6. The monoisotopic (exact) mass is 437 g/mol. The van der Waals surface area contributed by atoms with Crippen LogP contribution in [0.3, 0.4) is 0 Å². The molecular weight excluding hydrogens is 415 g/mol. The first kappa shape index (κ1) is 22.2. The van der Waals surface area contributed by atoms with Crippen LogP contribution < -0.4 is 10.6 Å². The molecule has 1 saturated heterocycles. The van der Waals surface area contributed by atoms with E-state index in [2.05, 4.69) is 10.6 Å². The Morgan fingerprint density at radius 2 is 1.63 bits per heavy atom. The summed E-state index contributed by atoms with van der Waals surface area (Å²) in [4.78, 5) is 26.6. The van der Waals surface area contributed by atoms with Crippen LogP contribution in [-0.2, 0) is 4.79 Å². The molecule has 1 aliphatic heterocycles. The lowest BCUT2D eigenvalue weighted by molar-refractivity contribution is -0.117. The molecule has 0 aliphatic carbocycles. The zero-order valence-corrected chi connectivity index (χ0v) is 16.9. The van der Waals surface area contributed by atoms with Crippen molar-refractivity contribution in [3.8, 4) is 0 Å². The Hall–Kier alpha value is -2.52. The number of hydrogen-bond donors (Lipinski definition) is 2. The van der Waals surface area contributed by atoms with Gasteiger partial charge in [-0.15, -0.1) is 0 Å². The van der Waals surface area contributed by atoms with Gasteiger partial charge in [-0.05, 0) is 48.9 Å². The summed E-state index contributed by atoms with van der Waals surface area (Å²) in [5.41, 5.74) is -3.70. The Bertz CT molecular complexity index is 869. The minimum Gasteiger partial charge on any atom is -0.349 e. The highest BCUT2D eigenvalue weighted by atomic mass is 32.2. The van der Waals surface area contributed by atoms with E-state index < -0.39 is 11.4 Å². The van der Waals surface area contributed by atoms with Crippen molar-refractivity contribution in [1.82, 2.24) is 10.2 Å². The summed E-state index contributed by atoms with van der Waals surface area (Å²) in [7, 11) is 0. The zero-order valence-electron chi connectivity index (χ0n) is 16.1. The van der Waals surface area contributed by atoms with Gasteiger partial charge in [0.15, 0.2) is 0 Å². The molecule has 30 heavy (non-hydrogen) atoms. The van der Waals surface area contributed by atoms with Crippen LogP contribution >= 0.6 is 11.8 Å². The fourth-order valence-electron chi connectivity index (χ4n) is 3.29. The number of alkyl halides is 3. The molecule has 0 bridgehead atoms. The van der Waals surface area contributed by atoms with Gasteiger partial charge < -0.3 is 10.6 Å². The number of carbonyl (C=O) groups excluding carboxylic acids is 2. The number of likely N-dealkylation sites (tertiary alicyclic amines) is 1. The smallest absolute Gasteiger partial charge is 0.349 e. The molecule has 0 saturated carbocycles. The number of rotatable bonds is 6. The standard InChI is InChI=1S/C21H22F3N3O2S/c22-21(23,24)30-18-9-5-4-8-17(18)20(29)26-16-10-12-27(13-11-16)14-19(28)25-15-6-2-1-3-7-15/h1-9,16H,10-14H2,(H,25,28)(H,26,29). The van der Waals surface area contributed by atoms with Crippen LogP contribution in [0, 0.1) is 0 Å². The van der Waals surface area contributed by atoms with E-state index in [1.54, 1.807) is 6.07 Å². The molecule has 2 aromatic carbocycles. The van der Waals surface area contributed by atoms with E-state index in [9.17, 15) is 22.8 Å². The highest BCUT2D eigenvalue weighted by Gasteiger charge is 2.31. The molecule has 0 unspecified atom stereocenters. The maximum atomic E-state index is 12.7. The van der Waals surface area contributed by atoms with E-state index >= 15 is 0 Å². The van der Waals surface area contributed by atoms with Gasteiger partial charge in [-0.3, -0.25) is 14.5 Å². The Labute approximate surface area is 177 Å². The van der Waals surface area contributed by atoms with Gasteiger partial charge in [-0.2, -0.15) is 13.2 Å². The van der Waals surface area contributed by atoms with Crippen molar-refractivity contribution in [3.05, 3.63) is 60.2 Å². The maximum absolute atomic E-state index is 12.7. The summed E-state index contributed by atoms with van der Waals surface area (Å²) < 4.78 is 38.2. The second-order valence-electron chi connectivity index (χ2n) is 6.98. The average molecular weight is 437 g/mol. The quantitative estimate of drug-likeness (QED) is 0.667. The number of thioether (sulfide) groups is 1. The van der Waals surface area contributed by atoms with Crippen LogP contribution in [0.25, 0.3) is 0 Å². The van der Waals surface area contributed by atoms with Crippen molar-refractivity contribution in [2.75, 3.05) is 25.0 Å². The topological polar surface area (TPSA) is 61.4 Å². The van der Waals surface area contributed by atoms with Crippen molar-refractivity contribution < 1.29 is 22.8 Å². The molecular formula is C21H22F3N3O2S. The summed E-state index contributed by atoms with van der Waals surface area (Å²) in [6.07, 6.45) is 1.25. The van der Waals surface area contributed by atoms with Crippen LogP contribution in [0.1, 0.15) is 23.2 Å². The van der Waals surface area contributed by atoms with Gasteiger partial charge in [0.25, 0.3) is 5.91 Å². The molecule has 0 radical (unpaired) electrons. The van der Waals surface area contributed by atoms with E-state index in [1.807, 2.05) is 35.2 Å². The van der Waals surface area contributed by atoms with Crippen molar-refractivity contribution in [1.29, 1.82) is 0 Å². The van der Waals surface area contributed by atoms with Gasteiger partial charge >= 0.3 is 5.51 Å². The first-order valence-electron chi connectivity index (χ1n) is 9.53. The van der Waals surface area contributed by atoms with Gasteiger partial charge in [-0.25, -0.2) is 0 Å². The third-order valence-corrected chi connectivity index (χ3v) is 5.51. The highest BCUT2D eigenvalue weighted by Crippen LogP contribution is 2.38. The van der Waals surface area contributed by atoms with E-state index in [-0.39, 0.29) is 40.7 Å². The fourth-order valence-corrected chi connectivity index (χ4v) is 3.96. The number of benzene rings is 2. The number of para-hydroxylation sites is 1. The predicted molar refractivity (Wildman–Crippen MR) is 110 cm³/mol. The van der Waals surface area contributed by atoms with Gasteiger partial charge in [-0.1, -0.05) is 30.3 Å². The fraction of sp³-hybridized carbons (Fsp3) is 0.333. The first-order chi connectivity index (χ1) is 14.3. The number of halogens is 3. The lowest BCUT2D eigenvalue weighted by Gasteiger charge is -2.32. The average Bonchev–Trinajstić information content (AvgIpc) is 2.69. The molecule has 3 rings (SSSR count). The first-order valence-corrected chi connectivity index (χ1v) is 10.3. The van der Waals surface area contributed by atoms with Crippen LogP contribution in [-0.4, -0.2) is 47.9 Å². The minimum absolute atomic E-state index is 0.0180. The largest absolute Gasteiger partial charge is 0.446 e. The van der Waals surface area contributed by atoms with Crippen LogP contribution in [0.15, 0.2) is 59.5 Å². The molecule has 0 spiro atoms. The molecule has 9 heteroatoms. The summed E-state index contributed by atoms with van der Waals surface area (Å²) in [6, 6.07) is 14.7. The van der Waals surface area contributed by atoms with Crippen LogP contribution in [0.5, 0.6) is 0 Å². The molecule has 1 heterocycles. The van der Waals surface area contributed by atoms with E-state index in [0.717, 1.165) is 5.69 Å². The summed E-state index contributed by atoms with van der Waals surface area (Å²) >= 11 is -0.288. The number of piperidine rings is 1. The molecule has 2 aromatic rings. The number of nitrogens with zero attached hydrogens (tertiary/aromatic N) is 1. The van der Waals surface area contributed by atoms with Crippen molar-refractivity contribution in [2.24, 2.45) is 0 Å². The minimum atomic E-state index is -4.46. The second kappa shape index (κ2) is 9.99. The van der Waals surface area contributed by atoms with Gasteiger partial charge in [0.2, 0.25) is 5.91 Å². The molecule has 160 valence electrons. The summed E-state index contributed by atoms with van der Waals surface area (Å²) in [5, 5.41) is 5.66. The second-order valence-corrected chi connectivity index (χ2v) is 8.09. The van der Waals surface area contributed by atoms with Crippen LogP contribution in [0.4, 0.5) is 18.9 Å². The molecule has 1 aliphatic rings. The number of amides is 2. The lowest BCUT2D eigenvalue weighted by Crippen LogP contribution is -2.46. The molecule has 0 atom stereocenters. The Balaban J connectivity index is 1.48. The van der Waals surface area contributed by atoms with Gasteiger partial charge in [0.05, 0.1) is 12.1 Å². The van der Waals surface area contributed by atoms with Crippen LogP contribution in [0.2, 0.25) is 0 Å². The molecule has 2 amide bonds. The highest BCUT2D eigenvalue weighted by molar-refractivity contribution is 8.00. The van der Waals surface area contributed by atoms with Crippen molar-refractivity contribution in [2.45, 2.75) is 29.3 Å². The van der Waals surface area contributed by atoms with Crippen molar-refractivity contribution in [3.63, 3.8) is 0 Å². The third-order valence-electron chi connectivity index (χ3n) is 4.70. The van der Waals surface area contributed by atoms with Gasteiger partial charge in [0, 0.05) is 29.7 Å². The Morgan fingerprint density at radius 3 is 2.30 bits per heavy atom. The predicted octanol–water partition coefficient (Wildman–Crippen LogP) is 4.13. The lowest BCUT2D eigenvalue weighted by atomic mass is 10.0. The maximum Gasteiger partial charge on any atom is 0.446 e. The number of nitrogens with one attached hydrogen (secondary N) is 2. The Morgan fingerprint density at radius 1 is 1.00 bits per heavy atom. The number of hydrogen-bond acceptors (Lipinski definition) is 4. The molecule has 2 N–H and O–H groups in total. The van der Waals surface area contributed by atoms with E-state index in [1.165, 1.54) is 18.2 Å². The molecule has 0 aromatic heterocycles.